The van der Waals surface area contributed by atoms with Crippen molar-refractivity contribution in [3.8, 4) is 16.3 Å². The second kappa shape index (κ2) is 8.95. The quantitative estimate of drug-likeness (QED) is 0.264. The second-order valence-corrected chi connectivity index (χ2v) is 9.80. The zero-order valence-corrected chi connectivity index (χ0v) is 20.4. The Hall–Kier alpha value is -1.74. The van der Waals surface area contributed by atoms with Gasteiger partial charge in [0.2, 0.25) is 0 Å². The standard InChI is InChI=1S/C21H13Br3N2O2S/c22-12-5-7-14(8-6-12)28-11-19(27)26-20-15(9-13(23)10-16(20)24)21-25-17-3-1-2-4-18(17)29-21/h1-10H,11H2,(H,26,27). The first-order valence-electron chi connectivity index (χ1n) is 8.53. The molecular weight excluding hydrogens is 584 g/mol. The van der Waals surface area contributed by atoms with E-state index in [4.69, 9.17) is 9.72 Å². The molecule has 0 fully saturated rings. The maximum Gasteiger partial charge on any atom is 0.262 e. The largest absolute Gasteiger partial charge is 0.484 e. The van der Waals surface area contributed by atoms with Crippen molar-refractivity contribution in [2.45, 2.75) is 0 Å². The number of halogens is 3. The van der Waals surface area contributed by atoms with Crippen molar-refractivity contribution < 1.29 is 9.53 Å². The van der Waals surface area contributed by atoms with Gasteiger partial charge in [0.15, 0.2) is 6.61 Å². The fourth-order valence-corrected chi connectivity index (χ4v) is 5.29. The number of anilines is 1. The molecule has 1 N–H and O–H groups in total. The molecule has 4 aromatic rings. The minimum absolute atomic E-state index is 0.0938. The first kappa shape index (κ1) is 20.5. The number of nitrogens with zero attached hydrogens (tertiary/aromatic N) is 1. The summed E-state index contributed by atoms with van der Waals surface area (Å²) in [5.74, 6) is 0.378. The molecule has 0 saturated carbocycles. The number of thiazole rings is 1. The van der Waals surface area contributed by atoms with Crippen molar-refractivity contribution >= 4 is 80.9 Å². The Balaban J connectivity index is 1.59. The van der Waals surface area contributed by atoms with Gasteiger partial charge in [-0.15, -0.1) is 11.3 Å². The van der Waals surface area contributed by atoms with Crippen LogP contribution < -0.4 is 10.1 Å². The lowest BCUT2D eigenvalue weighted by Gasteiger charge is -2.13. The van der Waals surface area contributed by atoms with Crippen LogP contribution in [0.15, 0.2) is 74.1 Å². The van der Waals surface area contributed by atoms with Gasteiger partial charge in [-0.1, -0.05) is 44.0 Å². The van der Waals surface area contributed by atoms with Crippen LogP contribution in [-0.4, -0.2) is 17.5 Å². The Bertz CT molecular complexity index is 1160. The Morgan fingerprint density at radius 3 is 2.52 bits per heavy atom. The van der Waals surface area contributed by atoms with Crippen LogP contribution in [0.1, 0.15) is 0 Å². The van der Waals surface area contributed by atoms with Crippen LogP contribution >= 0.6 is 59.1 Å². The zero-order valence-electron chi connectivity index (χ0n) is 14.8. The minimum atomic E-state index is -0.252. The van der Waals surface area contributed by atoms with E-state index in [0.717, 1.165) is 34.2 Å². The third-order valence-electron chi connectivity index (χ3n) is 4.03. The highest BCUT2D eigenvalue weighted by atomic mass is 79.9. The molecule has 8 heteroatoms. The van der Waals surface area contributed by atoms with Crippen LogP contribution in [0.2, 0.25) is 0 Å². The van der Waals surface area contributed by atoms with Gasteiger partial charge in [-0.25, -0.2) is 4.98 Å². The summed E-state index contributed by atoms with van der Waals surface area (Å²) in [5.41, 5.74) is 2.43. The van der Waals surface area contributed by atoms with Crippen LogP contribution in [-0.2, 0) is 4.79 Å². The minimum Gasteiger partial charge on any atom is -0.484 e. The number of para-hydroxylation sites is 1. The SMILES string of the molecule is O=C(COc1ccc(Br)cc1)Nc1c(Br)cc(Br)cc1-c1nc2ccccc2s1. The fraction of sp³-hybridized carbons (Fsp3) is 0.0476. The summed E-state index contributed by atoms with van der Waals surface area (Å²) in [6.07, 6.45) is 0. The topological polar surface area (TPSA) is 51.2 Å². The first-order chi connectivity index (χ1) is 14.0. The zero-order chi connectivity index (χ0) is 20.4. The second-order valence-electron chi connectivity index (χ2n) is 6.09. The third-order valence-corrected chi connectivity index (χ3v) is 6.71. The van der Waals surface area contributed by atoms with Crippen molar-refractivity contribution in [2.75, 3.05) is 11.9 Å². The number of aromatic nitrogens is 1. The highest BCUT2D eigenvalue weighted by Gasteiger charge is 2.17. The molecule has 29 heavy (non-hydrogen) atoms. The molecule has 3 aromatic carbocycles. The molecular formula is C21H13Br3N2O2S. The number of fused-ring (bicyclic) bond motifs is 1. The summed E-state index contributed by atoms with van der Waals surface area (Å²) in [4.78, 5) is 17.3. The predicted octanol–water partition coefficient (Wildman–Crippen LogP) is 7.27. The lowest BCUT2D eigenvalue weighted by molar-refractivity contribution is -0.118. The average molecular weight is 597 g/mol. The Labute approximate surface area is 196 Å². The molecule has 146 valence electrons. The number of hydrogen-bond acceptors (Lipinski definition) is 4. The van der Waals surface area contributed by atoms with E-state index in [1.165, 1.54) is 0 Å². The molecule has 0 bridgehead atoms. The van der Waals surface area contributed by atoms with E-state index >= 15 is 0 Å². The molecule has 0 aliphatic carbocycles. The van der Waals surface area contributed by atoms with E-state index in [1.807, 2.05) is 48.5 Å². The van der Waals surface area contributed by atoms with E-state index in [0.29, 0.717) is 11.4 Å². The number of amides is 1. The predicted molar refractivity (Wildman–Crippen MR) is 129 cm³/mol. The summed E-state index contributed by atoms with van der Waals surface area (Å²) < 4.78 is 9.28. The lowest BCUT2D eigenvalue weighted by atomic mass is 10.2. The summed E-state index contributed by atoms with van der Waals surface area (Å²) in [6, 6.07) is 19.1. The van der Waals surface area contributed by atoms with Crippen LogP contribution in [0.25, 0.3) is 20.8 Å². The normalized spacial score (nSPS) is 10.9. The van der Waals surface area contributed by atoms with Crippen molar-refractivity contribution in [1.82, 2.24) is 4.98 Å². The summed E-state index contributed by atoms with van der Waals surface area (Å²) in [7, 11) is 0. The molecule has 0 spiro atoms. The van der Waals surface area contributed by atoms with E-state index in [1.54, 1.807) is 23.5 Å². The summed E-state index contributed by atoms with van der Waals surface area (Å²) in [6.45, 7) is -0.0938. The summed E-state index contributed by atoms with van der Waals surface area (Å²) in [5, 5.41) is 3.79. The van der Waals surface area contributed by atoms with Gasteiger partial charge in [0.05, 0.1) is 15.9 Å². The fourth-order valence-electron chi connectivity index (χ4n) is 2.71. The van der Waals surface area contributed by atoms with Gasteiger partial charge in [-0.05, 0) is 64.5 Å². The number of benzene rings is 3. The highest BCUT2D eigenvalue weighted by Crippen LogP contribution is 2.40. The molecule has 0 aliphatic rings. The molecule has 0 saturated heterocycles. The molecule has 1 aromatic heterocycles. The Morgan fingerprint density at radius 2 is 1.76 bits per heavy atom. The van der Waals surface area contributed by atoms with Crippen LogP contribution in [0, 0.1) is 0 Å². The number of carbonyl (C=O) groups is 1. The Kier molecular flexibility index (Phi) is 6.34. The van der Waals surface area contributed by atoms with Crippen molar-refractivity contribution in [1.29, 1.82) is 0 Å². The van der Waals surface area contributed by atoms with Crippen LogP contribution in [0.5, 0.6) is 5.75 Å². The van der Waals surface area contributed by atoms with Gasteiger partial charge in [-0.3, -0.25) is 4.79 Å². The van der Waals surface area contributed by atoms with Crippen molar-refractivity contribution in [3.63, 3.8) is 0 Å². The maximum atomic E-state index is 12.6. The number of nitrogens with one attached hydrogen (secondary N) is 1. The summed E-state index contributed by atoms with van der Waals surface area (Å²) >= 11 is 12.0. The van der Waals surface area contributed by atoms with Crippen molar-refractivity contribution in [3.05, 3.63) is 74.1 Å². The molecule has 1 heterocycles. The molecule has 0 unspecified atom stereocenters. The van der Waals surface area contributed by atoms with E-state index in [2.05, 4.69) is 53.1 Å². The van der Waals surface area contributed by atoms with Gasteiger partial charge in [0.1, 0.15) is 10.8 Å². The van der Waals surface area contributed by atoms with Crippen molar-refractivity contribution in [2.24, 2.45) is 0 Å². The molecule has 0 aliphatic heterocycles. The van der Waals surface area contributed by atoms with E-state index in [9.17, 15) is 4.79 Å². The molecule has 4 rings (SSSR count). The maximum absolute atomic E-state index is 12.6. The molecule has 0 radical (unpaired) electrons. The number of rotatable bonds is 5. The van der Waals surface area contributed by atoms with E-state index < -0.39 is 0 Å². The van der Waals surface area contributed by atoms with Gasteiger partial charge < -0.3 is 10.1 Å². The highest BCUT2D eigenvalue weighted by molar-refractivity contribution is 9.11. The monoisotopic (exact) mass is 594 g/mol. The third kappa shape index (κ3) is 4.88. The molecule has 4 nitrogen and oxygen atoms in total. The average Bonchev–Trinajstić information content (AvgIpc) is 3.13. The van der Waals surface area contributed by atoms with Gasteiger partial charge in [-0.2, -0.15) is 0 Å². The smallest absolute Gasteiger partial charge is 0.262 e. The van der Waals surface area contributed by atoms with Gasteiger partial charge >= 0.3 is 0 Å². The van der Waals surface area contributed by atoms with E-state index in [-0.39, 0.29) is 12.5 Å². The van der Waals surface area contributed by atoms with Gasteiger partial charge in [0, 0.05) is 19.0 Å². The first-order valence-corrected chi connectivity index (χ1v) is 11.7. The number of hydrogen-bond donors (Lipinski definition) is 1. The van der Waals surface area contributed by atoms with Crippen LogP contribution in [0.4, 0.5) is 5.69 Å². The number of ether oxygens (including phenoxy) is 1. The molecule has 0 atom stereocenters. The lowest BCUT2D eigenvalue weighted by Crippen LogP contribution is -2.20. The Morgan fingerprint density at radius 1 is 1.00 bits per heavy atom. The number of carbonyl (C=O) groups excluding carboxylic acids is 1. The van der Waals surface area contributed by atoms with Gasteiger partial charge in [0.25, 0.3) is 5.91 Å². The van der Waals surface area contributed by atoms with Crippen LogP contribution in [0.3, 0.4) is 0 Å². The molecule has 1 amide bonds.